The minimum atomic E-state index is 0.119. The zero-order valence-corrected chi connectivity index (χ0v) is 11.8. The number of nitrogens with one attached hydrogen (secondary N) is 1. The second-order valence-electron chi connectivity index (χ2n) is 5.75. The fourth-order valence-corrected chi connectivity index (χ4v) is 2.76. The summed E-state index contributed by atoms with van der Waals surface area (Å²) < 4.78 is 0. The summed E-state index contributed by atoms with van der Waals surface area (Å²) >= 11 is 0. The molecule has 0 aliphatic heterocycles. The highest BCUT2D eigenvalue weighted by molar-refractivity contribution is 5.40. The van der Waals surface area contributed by atoms with Gasteiger partial charge in [0.05, 0.1) is 0 Å². The molecule has 96 valence electrons. The van der Waals surface area contributed by atoms with E-state index in [2.05, 4.69) is 50.5 Å². The van der Waals surface area contributed by atoms with Crippen molar-refractivity contribution in [3.8, 4) is 0 Å². The lowest BCUT2D eigenvalue weighted by atomic mass is 9.84. The van der Waals surface area contributed by atoms with Crippen LogP contribution in [0.15, 0.2) is 42.8 Å². The maximum Gasteiger partial charge on any atom is 0.0150 e. The van der Waals surface area contributed by atoms with Crippen molar-refractivity contribution in [2.24, 2.45) is 5.41 Å². The van der Waals surface area contributed by atoms with Crippen LogP contribution in [0, 0.1) is 5.41 Å². The van der Waals surface area contributed by atoms with Crippen LogP contribution < -0.4 is 5.32 Å². The topological polar surface area (TPSA) is 12.0 Å². The first-order valence-electron chi connectivity index (χ1n) is 6.67. The fraction of sp³-hybridized carbons (Fsp3) is 0.412. The molecule has 18 heavy (non-hydrogen) atoms. The number of benzene rings is 1. The molecule has 1 N–H and O–H groups in total. The first-order valence-corrected chi connectivity index (χ1v) is 6.67. The Bertz CT molecular complexity index is 498. The van der Waals surface area contributed by atoms with Gasteiger partial charge >= 0.3 is 0 Å². The van der Waals surface area contributed by atoms with Gasteiger partial charge in [-0.2, -0.15) is 0 Å². The second-order valence-corrected chi connectivity index (χ2v) is 5.75. The van der Waals surface area contributed by atoms with Crippen LogP contribution in [0.4, 0.5) is 0 Å². The van der Waals surface area contributed by atoms with Crippen LogP contribution in [0.3, 0.4) is 0 Å². The van der Waals surface area contributed by atoms with E-state index in [-0.39, 0.29) is 5.41 Å². The molecule has 0 saturated carbocycles. The van der Waals surface area contributed by atoms with E-state index in [0.29, 0.717) is 0 Å². The Morgan fingerprint density at radius 2 is 1.94 bits per heavy atom. The third-order valence-electron chi connectivity index (χ3n) is 3.93. The summed E-state index contributed by atoms with van der Waals surface area (Å²) in [4.78, 5) is 0. The molecule has 1 aliphatic carbocycles. The van der Waals surface area contributed by atoms with Crippen LogP contribution in [-0.4, -0.2) is 0 Å². The van der Waals surface area contributed by atoms with E-state index in [1.165, 1.54) is 16.7 Å². The Balaban J connectivity index is 2.22. The van der Waals surface area contributed by atoms with Crippen molar-refractivity contribution in [3.63, 3.8) is 0 Å². The van der Waals surface area contributed by atoms with E-state index in [1.54, 1.807) is 0 Å². The number of hydrogen-bond donors (Lipinski definition) is 1. The van der Waals surface area contributed by atoms with Crippen molar-refractivity contribution in [2.75, 3.05) is 0 Å². The van der Waals surface area contributed by atoms with Gasteiger partial charge in [0.25, 0.3) is 0 Å². The SMILES string of the molecule is C=C(C)NC(=C)C1(C)Cc2ccc(CC)cc2C1. The van der Waals surface area contributed by atoms with Gasteiger partial charge in [-0.05, 0) is 42.9 Å². The highest BCUT2D eigenvalue weighted by Gasteiger charge is 2.35. The minimum Gasteiger partial charge on any atom is -0.363 e. The zero-order chi connectivity index (χ0) is 13.3. The lowest BCUT2D eigenvalue weighted by Gasteiger charge is -2.27. The molecule has 1 aliphatic rings. The van der Waals surface area contributed by atoms with Gasteiger partial charge in [0.15, 0.2) is 0 Å². The molecule has 1 nitrogen and oxygen atoms in total. The molecule has 0 fully saturated rings. The van der Waals surface area contributed by atoms with Gasteiger partial charge in [-0.15, -0.1) is 0 Å². The summed E-state index contributed by atoms with van der Waals surface area (Å²) in [5, 5.41) is 3.30. The normalized spacial score (nSPS) is 21.5. The third-order valence-corrected chi connectivity index (χ3v) is 3.93. The average Bonchev–Trinajstić information content (AvgIpc) is 2.64. The number of allylic oxidation sites excluding steroid dienone is 2. The summed E-state index contributed by atoms with van der Waals surface area (Å²) in [5.41, 5.74) is 6.56. The maximum absolute atomic E-state index is 4.20. The average molecular weight is 241 g/mol. The molecule has 0 aromatic heterocycles. The molecule has 0 radical (unpaired) electrons. The first kappa shape index (κ1) is 12.9. The van der Waals surface area contributed by atoms with Gasteiger partial charge in [-0.1, -0.05) is 45.2 Å². The Kier molecular flexibility index (Phi) is 3.34. The summed E-state index contributed by atoms with van der Waals surface area (Å²) in [5.74, 6) is 0. The Labute approximate surface area is 111 Å². The number of fused-ring (bicyclic) bond motifs is 1. The molecule has 0 saturated heterocycles. The van der Waals surface area contributed by atoms with Gasteiger partial charge in [0.2, 0.25) is 0 Å². The van der Waals surface area contributed by atoms with Crippen molar-refractivity contribution in [1.82, 2.24) is 5.32 Å². The van der Waals surface area contributed by atoms with Crippen LogP contribution in [0.2, 0.25) is 0 Å². The van der Waals surface area contributed by atoms with E-state index in [1.807, 2.05) is 6.92 Å². The predicted octanol–water partition coefficient (Wildman–Crippen LogP) is 3.99. The summed E-state index contributed by atoms with van der Waals surface area (Å²) in [6.45, 7) is 14.6. The van der Waals surface area contributed by atoms with Crippen molar-refractivity contribution < 1.29 is 0 Å². The lowest BCUT2D eigenvalue weighted by molar-refractivity contribution is 0.404. The van der Waals surface area contributed by atoms with Gasteiger partial charge in [0, 0.05) is 16.8 Å². The van der Waals surface area contributed by atoms with Gasteiger partial charge in [0.1, 0.15) is 0 Å². The van der Waals surface area contributed by atoms with E-state index in [9.17, 15) is 0 Å². The predicted molar refractivity (Wildman–Crippen MR) is 78.4 cm³/mol. The highest BCUT2D eigenvalue weighted by atomic mass is 14.9. The molecule has 1 aromatic rings. The van der Waals surface area contributed by atoms with E-state index in [0.717, 1.165) is 30.7 Å². The third kappa shape index (κ3) is 2.35. The molecule has 0 amide bonds. The van der Waals surface area contributed by atoms with Crippen LogP contribution in [0.25, 0.3) is 0 Å². The van der Waals surface area contributed by atoms with Gasteiger partial charge < -0.3 is 5.32 Å². The van der Waals surface area contributed by atoms with Gasteiger partial charge in [-0.3, -0.25) is 0 Å². The Hall–Kier alpha value is -1.50. The Morgan fingerprint density at radius 3 is 2.56 bits per heavy atom. The Morgan fingerprint density at radius 1 is 1.28 bits per heavy atom. The van der Waals surface area contributed by atoms with Crippen molar-refractivity contribution >= 4 is 0 Å². The fourth-order valence-electron chi connectivity index (χ4n) is 2.76. The minimum absolute atomic E-state index is 0.119. The van der Waals surface area contributed by atoms with Gasteiger partial charge in [-0.25, -0.2) is 0 Å². The molecule has 1 atom stereocenters. The molecular weight excluding hydrogens is 218 g/mol. The first-order chi connectivity index (χ1) is 8.44. The number of rotatable bonds is 4. The molecular formula is C17H23N. The van der Waals surface area contributed by atoms with Crippen molar-refractivity contribution in [1.29, 1.82) is 0 Å². The monoisotopic (exact) mass is 241 g/mol. The second kappa shape index (κ2) is 4.64. The number of aryl methyl sites for hydroxylation is 1. The van der Waals surface area contributed by atoms with Crippen LogP contribution in [0.1, 0.15) is 37.5 Å². The summed E-state index contributed by atoms with van der Waals surface area (Å²) in [6.07, 6.45) is 3.26. The lowest BCUT2D eigenvalue weighted by Crippen LogP contribution is -2.28. The number of hydrogen-bond acceptors (Lipinski definition) is 1. The molecule has 0 heterocycles. The largest absolute Gasteiger partial charge is 0.363 e. The molecule has 1 aromatic carbocycles. The molecule has 2 rings (SSSR count). The zero-order valence-electron chi connectivity index (χ0n) is 11.8. The van der Waals surface area contributed by atoms with Crippen LogP contribution in [-0.2, 0) is 19.3 Å². The maximum atomic E-state index is 4.20. The summed E-state index contributed by atoms with van der Waals surface area (Å²) in [6, 6.07) is 6.89. The van der Waals surface area contributed by atoms with E-state index < -0.39 is 0 Å². The van der Waals surface area contributed by atoms with Crippen molar-refractivity contribution in [2.45, 2.75) is 40.0 Å². The highest BCUT2D eigenvalue weighted by Crippen LogP contribution is 2.41. The smallest absolute Gasteiger partial charge is 0.0150 e. The summed E-state index contributed by atoms with van der Waals surface area (Å²) in [7, 11) is 0. The van der Waals surface area contributed by atoms with Crippen LogP contribution in [0.5, 0.6) is 0 Å². The molecule has 1 heteroatoms. The molecule has 1 unspecified atom stereocenters. The van der Waals surface area contributed by atoms with Crippen molar-refractivity contribution in [3.05, 3.63) is 59.4 Å². The quantitative estimate of drug-likeness (QED) is 0.840. The van der Waals surface area contributed by atoms with E-state index in [4.69, 9.17) is 0 Å². The molecule has 0 spiro atoms. The molecule has 0 bridgehead atoms. The standard InChI is InChI=1S/C17H23N/c1-6-14-7-8-15-10-17(5,11-16(15)9-14)13(4)18-12(2)3/h7-9,18H,2,4,6,10-11H2,1,3,5H3. The van der Waals surface area contributed by atoms with Crippen LogP contribution >= 0.6 is 0 Å². The van der Waals surface area contributed by atoms with E-state index >= 15 is 0 Å².